The largest absolute Gasteiger partial charge is 0.399 e. The van der Waals surface area contributed by atoms with Crippen molar-refractivity contribution >= 4 is 40.3 Å². The maximum Gasteiger partial charge on any atom is 0.246 e. The molecule has 0 radical (unpaired) electrons. The monoisotopic (exact) mass is 382 g/mol. The second-order valence-corrected chi connectivity index (χ2v) is 7.21. The fraction of sp³-hybridized carbons (Fsp3) is 0.300. The Morgan fingerprint density at radius 1 is 1.15 bits per heavy atom. The number of carbonyl (C=O) groups is 1. The van der Waals surface area contributed by atoms with Crippen LogP contribution in [0, 0.1) is 6.92 Å². The predicted molar refractivity (Wildman–Crippen MR) is 112 cm³/mol. The summed E-state index contributed by atoms with van der Waals surface area (Å²) in [5, 5.41) is 3.15. The van der Waals surface area contributed by atoms with E-state index in [9.17, 15) is 4.79 Å². The van der Waals surface area contributed by atoms with Gasteiger partial charge in [-0.05, 0) is 54.5 Å². The summed E-state index contributed by atoms with van der Waals surface area (Å²) in [5.74, 6) is -0.0797. The van der Waals surface area contributed by atoms with Gasteiger partial charge in [-0.2, -0.15) is 0 Å². The molecule has 140 valence electrons. The van der Waals surface area contributed by atoms with Crippen LogP contribution in [0.3, 0.4) is 0 Å². The third-order valence-electron chi connectivity index (χ3n) is 4.94. The number of benzene rings is 2. The molecule has 2 aliphatic heterocycles. The first-order valence-electron chi connectivity index (χ1n) is 8.97. The molecule has 0 atom stereocenters. The Labute approximate surface area is 163 Å². The fourth-order valence-corrected chi connectivity index (χ4v) is 3.94. The molecule has 4 rings (SSSR count). The fourth-order valence-electron chi connectivity index (χ4n) is 3.66. The summed E-state index contributed by atoms with van der Waals surface area (Å²) in [7, 11) is 0. The molecule has 0 aliphatic carbocycles. The Kier molecular flexibility index (Phi) is 4.72. The van der Waals surface area contributed by atoms with Crippen LogP contribution >= 0.6 is 12.2 Å². The second kappa shape index (κ2) is 7.17. The summed E-state index contributed by atoms with van der Waals surface area (Å²) >= 11 is 5.33. The van der Waals surface area contributed by atoms with Crippen molar-refractivity contribution in [3.63, 3.8) is 0 Å². The molecule has 2 aromatic carbocycles. The smallest absolute Gasteiger partial charge is 0.246 e. The molecule has 0 saturated carbocycles. The number of hydrogen-bond acceptors (Lipinski definition) is 5. The lowest BCUT2D eigenvalue weighted by Gasteiger charge is -2.33. The van der Waals surface area contributed by atoms with Gasteiger partial charge in [0, 0.05) is 35.7 Å². The molecule has 2 saturated heterocycles. The molecule has 0 unspecified atom stereocenters. The van der Waals surface area contributed by atoms with Crippen molar-refractivity contribution in [2.45, 2.75) is 6.92 Å². The van der Waals surface area contributed by atoms with Crippen LogP contribution in [0.5, 0.6) is 0 Å². The van der Waals surface area contributed by atoms with Gasteiger partial charge in [-0.3, -0.25) is 4.79 Å². The Morgan fingerprint density at radius 3 is 2.48 bits per heavy atom. The van der Waals surface area contributed by atoms with Crippen molar-refractivity contribution in [3.8, 4) is 11.1 Å². The van der Waals surface area contributed by atoms with E-state index >= 15 is 0 Å². The number of morpholine rings is 1. The molecule has 3 N–H and O–H groups in total. The van der Waals surface area contributed by atoms with Crippen LogP contribution in [-0.4, -0.2) is 43.9 Å². The van der Waals surface area contributed by atoms with Crippen LogP contribution in [0.2, 0.25) is 0 Å². The van der Waals surface area contributed by atoms with Crippen molar-refractivity contribution < 1.29 is 9.53 Å². The van der Waals surface area contributed by atoms with E-state index in [0.717, 1.165) is 54.4 Å². The summed E-state index contributed by atoms with van der Waals surface area (Å²) in [6.07, 6.45) is 0. The number of ether oxygens (including phenoxy) is 1. The zero-order valence-corrected chi connectivity index (χ0v) is 16.0. The third-order valence-corrected chi connectivity index (χ3v) is 5.26. The van der Waals surface area contributed by atoms with Gasteiger partial charge in [0.15, 0.2) is 5.11 Å². The average Bonchev–Trinajstić information content (AvgIpc) is 3.00. The molecular weight excluding hydrogens is 360 g/mol. The number of thiocarbonyl (C=S) groups is 1. The number of nitrogen functional groups attached to an aromatic ring is 1. The topological polar surface area (TPSA) is 70.8 Å². The number of aryl methyl sites for hydroxylation is 1. The molecule has 0 bridgehead atoms. The normalized spacial score (nSPS) is 17.4. The molecule has 1 amide bonds. The summed E-state index contributed by atoms with van der Waals surface area (Å²) in [6.45, 7) is 5.49. The van der Waals surface area contributed by atoms with Crippen LogP contribution in [0.4, 0.5) is 17.1 Å². The summed E-state index contributed by atoms with van der Waals surface area (Å²) in [5.41, 5.74) is 12.1. The number of nitrogens with one attached hydrogen (secondary N) is 1. The predicted octanol–water partition coefficient (Wildman–Crippen LogP) is 2.30. The highest BCUT2D eigenvalue weighted by Gasteiger charge is 2.27. The minimum absolute atomic E-state index is 0.0797. The molecule has 0 aromatic heterocycles. The van der Waals surface area contributed by atoms with Crippen molar-refractivity contribution in [1.82, 2.24) is 5.32 Å². The second-order valence-electron chi connectivity index (χ2n) is 6.82. The molecular formula is C20H22N4O2S. The van der Waals surface area contributed by atoms with Crippen LogP contribution in [0.25, 0.3) is 11.1 Å². The third kappa shape index (κ3) is 3.48. The SMILES string of the molecule is Cc1cc(N2CC(=O)NC2=S)cc(-c2ccc(N)cc2)c1N1CCOCC1. The molecule has 2 fully saturated rings. The van der Waals surface area contributed by atoms with Gasteiger partial charge < -0.3 is 25.6 Å². The molecule has 2 heterocycles. The van der Waals surface area contributed by atoms with Gasteiger partial charge >= 0.3 is 0 Å². The minimum Gasteiger partial charge on any atom is -0.399 e. The first-order valence-corrected chi connectivity index (χ1v) is 9.38. The van der Waals surface area contributed by atoms with Crippen LogP contribution in [0.1, 0.15) is 5.56 Å². The lowest BCUT2D eigenvalue weighted by atomic mass is 9.97. The van der Waals surface area contributed by atoms with Crippen LogP contribution in [-0.2, 0) is 9.53 Å². The molecule has 2 aromatic rings. The number of carbonyl (C=O) groups excluding carboxylic acids is 1. The Bertz CT molecular complexity index is 892. The van der Waals surface area contributed by atoms with E-state index in [1.165, 1.54) is 5.69 Å². The molecule has 0 spiro atoms. The van der Waals surface area contributed by atoms with E-state index in [2.05, 4.69) is 29.3 Å². The van der Waals surface area contributed by atoms with E-state index in [-0.39, 0.29) is 12.5 Å². The maximum absolute atomic E-state index is 11.8. The van der Waals surface area contributed by atoms with Crippen LogP contribution < -0.4 is 20.9 Å². The molecule has 7 heteroatoms. The van der Waals surface area contributed by atoms with E-state index in [4.69, 9.17) is 22.7 Å². The maximum atomic E-state index is 11.8. The summed E-state index contributed by atoms with van der Waals surface area (Å²) < 4.78 is 5.52. The number of rotatable bonds is 3. The quantitative estimate of drug-likeness (QED) is 0.627. The van der Waals surface area contributed by atoms with E-state index < -0.39 is 0 Å². The van der Waals surface area contributed by atoms with Crippen molar-refractivity contribution in [1.29, 1.82) is 0 Å². The lowest BCUT2D eigenvalue weighted by molar-refractivity contribution is -0.117. The van der Waals surface area contributed by atoms with Gasteiger partial charge in [0.25, 0.3) is 0 Å². The Balaban J connectivity index is 1.84. The molecule has 2 aliphatic rings. The van der Waals surface area contributed by atoms with Gasteiger partial charge in [0.2, 0.25) is 5.91 Å². The van der Waals surface area contributed by atoms with Gasteiger partial charge in [0.05, 0.1) is 13.2 Å². The summed E-state index contributed by atoms with van der Waals surface area (Å²) in [4.78, 5) is 16.0. The van der Waals surface area contributed by atoms with E-state index in [1.807, 2.05) is 29.2 Å². The lowest BCUT2D eigenvalue weighted by Crippen LogP contribution is -2.37. The highest BCUT2D eigenvalue weighted by molar-refractivity contribution is 7.80. The Morgan fingerprint density at radius 2 is 1.85 bits per heavy atom. The first-order chi connectivity index (χ1) is 13.0. The number of hydrogen-bond donors (Lipinski definition) is 2. The molecule has 6 nitrogen and oxygen atoms in total. The van der Waals surface area contributed by atoms with Gasteiger partial charge in [-0.25, -0.2) is 0 Å². The highest BCUT2D eigenvalue weighted by Crippen LogP contribution is 2.38. The van der Waals surface area contributed by atoms with E-state index in [1.54, 1.807) is 0 Å². The average molecular weight is 382 g/mol. The van der Waals surface area contributed by atoms with Crippen molar-refractivity contribution in [2.24, 2.45) is 0 Å². The van der Waals surface area contributed by atoms with Gasteiger partial charge in [-0.1, -0.05) is 12.1 Å². The number of amides is 1. The standard InChI is InChI=1S/C20H22N4O2S/c1-13-10-16(24-12-18(25)22-20(24)27)11-17(14-2-4-15(21)5-3-14)19(13)23-6-8-26-9-7-23/h2-5,10-11H,6-9,12,21H2,1H3,(H,22,25,27). The van der Waals surface area contributed by atoms with Crippen molar-refractivity contribution in [2.75, 3.05) is 48.4 Å². The van der Waals surface area contributed by atoms with Crippen LogP contribution in [0.15, 0.2) is 36.4 Å². The number of nitrogens with two attached hydrogens (primary N) is 1. The first kappa shape index (κ1) is 17.8. The summed E-state index contributed by atoms with van der Waals surface area (Å²) in [6, 6.07) is 12.1. The minimum atomic E-state index is -0.0797. The van der Waals surface area contributed by atoms with Gasteiger partial charge in [-0.15, -0.1) is 0 Å². The zero-order valence-electron chi connectivity index (χ0n) is 15.2. The Hall–Kier alpha value is -2.64. The van der Waals surface area contributed by atoms with Crippen molar-refractivity contribution in [3.05, 3.63) is 42.0 Å². The van der Waals surface area contributed by atoms with Gasteiger partial charge in [0.1, 0.15) is 6.54 Å². The van der Waals surface area contributed by atoms with E-state index in [0.29, 0.717) is 5.11 Å². The zero-order chi connectivity index (χ0) is 19.0. The number of anilines is 3. The number of nitrogens with zero attached hydrogens (tertiary/aromatic N) is 2. The molecule has 27 heavy (non-hydrogen) atoms. The highest BCUT2D eigenvalue weighted by atomic mass is 32.1.